The standard InChI is InChI=1S/C17H14ClF3N2/c1-9(16-10(2)22-8-23-16)13-5-3-11-7-12(17(19,20)21)4-6-14(11)15(13)18/h3-9H,1-2H3,(H,22,23)/t9-/m1/s1. The molecule has 0 saturated heterocycles. The summed E-state index contributed by atoms with van der Waals surface area (Å²) in [6, 6.07) is 7.06. The third kappa shape index (κ3) is 2.81. The van der Waals surface area contributed by atoms with Crippen molar-refractivity contribution in [1.82, 2.24) is 9.97 Å². The van der Waals surface area contributed by atoms with Crippen LogP contribution in [0.3, 0.4) is 0 Å². The Morgan fingerprint density at radius 3 is 2.52 bits per heavy atom. The number of rotatable bonds is 2. The molecule has 2 aromatic carbocycles. The summed E-state index contributed by atoms with van der Waals surface area (Å²) in [6.45, 7) is 3.88. The molecule has 0 spiro atoms. The van der Waals surface area contributed by atoms with Gasteiger partial charge in [-0.2, -0.15) is 13.2 Å². The SMILES string of the molecule is Cc1nc[nH]c1[C@H](C)c1ccc2cc(C(F)(F)F)ccc2c1Cl. The summed E-state index contributed by atoms with van der Waals surface area (Å²) in [4.78, 5) is 7.26. The molecule has 1 N–H and O–H groups in total. The fraction of sp³-hybridized carbons (Fsp3) is 0.235. The molecule has 1 aromatic heterocycles. The second kappa shape index (κ2) is 5.57. The molecule has 0 aliphatic carbocycles. The van der Waals surface area contributed by atoms with Gasteiger partial charge >= 0.3 is 6.18 Å². The Balaban J connectivity index is 2.11. The average Bonchev–Trinajstić information content (AvgIpc) is 2.92. The summed E-state index contributed by atoms with van der Waals surface area (Å²) in [5.74, 6) is -0.0308. The molecule has 0 unspecified atom stereocenters. The third-order valence-corrected chi connectivity index (χ3v) is 4.50. The molecule has 0 aliphatic rings. The minimum absolute atomic E-state index is 0.0308. The van der Waals surface area contributed by atoms with Crippen molar-refractivity contribution in [2.75, 3.05) is 0 Å². The number of benzene rings is 2. The van der Waals surface area contributed by atoms with Gasteiger partial charge in [-0.1, -0.05) is 36.7 Å². The Bertz CT molecular complexity index is 868. The molecule has 23 heavy (non-hydrogen) atoms. The van der Waals surface area contributed by atoms with Crippen LogP contribution in [0.2, 0.25) is 5.02 Å². The number of imidazole rings is 1. The van der Waals surface area contributed by atoms with Gasteiger partial charge < -0.3 is 4.98 Å². The van der Waals surface area contributed by atoms with Gasteiger partial charge in [-0.25, -0.2) is 4.98 Å². The van der Waals surface area contributed by atoms with Crippen LogP contribution in [0.15, 0.2) is 36.7 Å². The molecule has 0 fully saturated rings. The summed E-state index contributed by atoms with van der Waals surface area (Å²) >= 11 is 6.46. The van der Waals surface area contributed by atoms with E-state index in [0.29, 0.717) is 15.8 Å². The summed E-state index contributed by atoms with van der Waals surface area (Å²) < 4.78 is 38.4. The molecule has 120 valence electrons. The van der Waals surface area contributed by atoms with Crippen LogP contribution in [-0.2, 0) is 6.18 Å². The number of nitrogens with zero attached hydrogens (tertiary/aromatic N) is 1. The zero-order valence-electron chi connectivity index (χ0n) is 12.5. The molecule has 0 aliphatic heterocycles. The summed E-state index contributed by atoms with van der Waals surface area (Å²) in [6.07, 6.45) is -2.74. The first-order chi connectivity index (χ1) is 10.8. The highest BCUT2D eigenvalue weighted by Gasteiger charge is 2.30. The lowest BCUT2D eigenvalue weighted by atomic mass is 9.93. The molecule has 0 bridgehead atoms. The van der Waals surface area contributed by atoms with Crippen LogP contribution >= 0.6 is 11.6 Å². The number of alkyl halides is 3. The van der Waals surface area contributed by atoms with Crippen molar-refractivity contribution in [2.24, 2.45) is 0 Å². The van der Waals surface area contributed by atoms with Crippen molar-refractivity contribution in [2.45, 2.75) is 25.9 Å². The highest BCUT2D eigenvalue weighted by molar-refractivity contribution is 6.36. The average molecular weight is 339 g/mol. The van der Waals surface area contributed by atoms with Crippen molar-refractivity contribution in [3.05, 3.63) is 64.2 Å². The van der Waals surface area contributed by atoms with Crippen LogP contribution in [0.5, 0.6) is 0 Å². The van der Waals surface area contributed by atoms with E-state index >= 15 is 0 Å². The fourth-order valence-corrected chi connectivity index (χ4v) is 3.18. The van der Waals surface area contributed by atoms with E-state index < -0.39 is 11.7 Å². The summed E-state index contributed by atoms with van der Waals surface area (Å²) in [5, 5.41) is 1.56. The zero-order chi connectivity index (χ0) is 16.8. The van der Waals surface area contributed by atoms with Gasteiger partial charge in [0.1, 0.15) is 0 Å². The van der Waals surface area contributed by atoms with Crippen LogP contribution in [-0.4, -0.2) is 9.97 Å². The summed E-state index contributed by atoms with van der Waals surface area (Å²) in [7, 11) is 0. The van der Waals surface area contributed by atoms with E-state index in [1.165, 1.54) is 6.07 Å². The molecule has 3 rings (SSSR count). The molecule has 2 nitrogen and oxygen atoms in total. The van der Waals surface area contributed by atoms with E-state index in [1.54, 1.807) is 18.5 Å². The van der Waals surface area contributed by atoms with Gasteiger partial charge in [0.2, 0.25) is 0 Å². The van der Waals surface area contributed by atoms with E-state index in [0.717, 1.165) is 29.1 Å². The second-order valence-corrected chi connectivity index (χ2v) is 5.90. The first-order valence-electron chi connectivity index (χ1n) is 7.08. The maximum Gasteiger partial charge on any atom is 0.416 e. The first kappa shape index (κ1) is 15.9. The van der Waals surface area contributed by atoms with Gasteiger partial charge in [0.05, 0.1) is 22.6 Å². The predicted molar refractivity (Wildman–Crippen MR) is 84.8 cm³/mol. The van der Waals surface area contributed by atoms with Gasteiger partial charge in [-0.15, -0.1) is 0 Å². The van der Waals surface area contributed by atoms with Crippen molar-refractivity contribution >= 4 is 22.4 Å². The minimum Gasteiger partial charge on any atom is -0.348 e. The Morgan fingerprint density at radius 2 is 1.91 bits per heavy atom. The number of halogens is 4. The maximum absolute atomic E-state index is 12.8. The Morgan fingerprint density at radius 1 is 1.17 bits per heavy atom. The number of nitrogens with one attached hydrogen (secondary N) is 1. The summed E-state index contributed by atoms with van der Waals surface area (Å²) in [5.41, 5.74) is 2.00. The maximum atomic E-state index is 12.8. The van der Waals surface area contributed by atoms with Crippen molar-refractivity contribution in [3.8, 4) is 0 Å². The normalized spacial score (nSPS) is 13.5. The number of aromatic nitrogens is 2. The van der Waals surface area contributed by atoms with Crippen LogP contribution < -0.4 is 0 Å². The van der Waals surface area contributed by atoms with Gasteiger partial charge in [0, 0.05) is 17.0 Å². The van der Waals surface area contributed by atoms with E-state index in [1.807, 2.05) is 13.8 Å². The number of hydrogen-bond acceptors (Lipinski definition) is 1. The lowest BCUT2D eigenvalue weighted by molar-refractivity contribution is -0.137. The molecular formula is C17H14ClF3N2. The van der Waals surface area contributed by atoms with E-state index in [2.05, 4.69) is 9.97 Å². The highest BCUT2D eigenvalue weighted by atomic mass is 35.5. The van der Waals surface area contributed by atoms with Crippen molar-refractivity contribution < 1.29 is 13.2 Å². The van der Waals surface area contributed by atoms with E-state index in [9.17, 15) is 13.2 Å². The topological polar surface area (TPSA) is 28.7 Å². The molecule has 6 heteroatoms. The Labute approximate surface area is 136 Å². The van der Waals surface area contributed by atoms with Crippen LogP contribution in [0, 0.1) is 6.92 Å². The Hall–Kier alpha value is -2.01. The largest absolute Gasteiger partial charge is 0.416 e. The van der Waals surface area contributed by atoms with E-state index in [-0.39, 0.29) is 5.92 Å². The van der Waals surface area contributed by atoms with Gasteiger partial charge in [-0.3, -0.25) is 0 Å². The number of fused-ring (bicyclic) bond motifs is 1. The quantitative estimate of drug-likeness (QED) is 0.638. The minimum atomic E-state index is -4.36. The second-order valence-electron chi connectivity index (χ2n) is 5.53. The van der Waals surface area contributed by atoms with Crippen LogP contribution in [0.25, 0.3) is 10.8 Å². The van der Waals surface area contributed by atoms with Crippen LogP contribution in [0.4, 0.5) is 13.2 Å². The molecule has 1 atom stereocenters. The fourth-order valence-electron chi connectivity index (χ4n) is 2.79. The molecule has 0 saturated carbocycles. The molecular weight excluding hydrogens is 325 g/mol. The lowest BCUT2D eigenvalue weighted by Gasteiger charge is -2.16. The van der Waals surface area contributed by atoms with Crippen molar-refractivity contribution in [1.29, 1.82) is 0 Å². The van der Waals surface area contributed by atoms with Gasteiger partial charge in [-0.05, 0) is 30.0 Å². The molecule has 3 aromatic rings. The van der Waals surface area contributed by atoms with E-state index in [4.69, 9.17) is 11.6 Å². The monoisotopic (exact) mass is 338 g/mol. The zero-order valence-corrected chi connectivity index (χ0v) is 13.3. The highest BCUT2D eigenvalue weighted by Crippen LogP contribution is 2.37. The number of H-pyrrole nitrogens is 1. The molecule has 1 heterocycles. The van der Waals surface area contributed by atoms with Gasteiger partial charge in [0.15, 0.2) is 0 Å². The third-order valence-electron chi connectivity index (χ3n) is 4.08. The molecule has 0 amide bonds. The van der Waals surface area contributed by atoms with Gasteiger partial charge in [0.25, 0.3) is 0 Å². The molecule has 0 radical (unpaired) electrons. The van der Waals surface area contributed by atoms with Crippen LogP contribution in [0.1, 0.15) is 35.4 Å². The Kier molecular flexibility index (Phi) is 3.84. The number of aromatic amines is 1. The lowest BCUT2D eigenvalue weighted by Crippen LogP contribution is -2.04. The van der Waals surface area contributed by atoms with Crippen molar-refractivity contribution in [3.63, 3.8) is 0 Å². The smallest absolute Gasteiger partial charge is 0.348 e. The number of hydrogen-bond donors (Lipinski definition) is 1. The first-order valence-corrected chi connectivity index (χ1v) is 7.46. The number of aryl methyl sites for hydroxylation is 1. The predicted octanol–water partition coefficient (Wildman–Crippen LogP) is 5.70.